The van der Waals surface area contributed by atoms with Gasteiger partial charge in [0.1, 0.15) is 11.5 Å². The van der Waals surface area contributed by atoms with Crippen molar-refractivity contribution in [3.63, 3.8) is 0 Å². The first-order valence-corrected chi connectivity index (χ1v) is 11.8. The van der Waals surface area contributed by atoms with Gasteiger partial charge in [0, 0.05) is 47.4 Å². The summed E-state index contributed by atoms with van der Waals surface area (Å²) in [6.07, 6.45) is 1.90. The third-order valence-electron chi connectivity index (χ3n) is 7.34. The normalized spacial score (nSPS) is 27.3. The molecule has 188 valence electrons. The van der Waals surface area contributed by atoms with Gasteiger partial charge in [0.05, 0.1) is 23.8 Å². The quantitative estimate of drug-likeness (QED) is 0.339. The van der Waals surface area contributed by atoms with Crippen LogP contribution in [0, 0.1) is 0 Å². The average Bonchev–Trinajstić information content (AvgIpc) is 2.85. The SMILES string of the molecule is CC[C@@]1(N)CCc2c(O)c3c(c(O)c2C1)C(=O)c1ccccc1C3=O.CO[C@@H]1COC(O)C[C@@H]1N. The van der Waals surface area contributed by atoms with Gasteiger partial charge in [-0.3, -0.25) is 9.59 Å². The van der Waals surface area contributed by atoms with Crippen LogP contribution in [-0.4, -0.2) is 64.6 Å². The molecule has 35 heavy (non-hydrogen) atoms. The molecule has 2 aromatic rings. The van der Waals surface area contributed by atoms with E-state index in [1.807, 2.05) is 6.92 Å². The number of fused-ring (bicyclic) bond motifs is 3. The fourth-order valence-corrected chi connectivity index (χ4v) is 5.02. The number of benzene rings is 2. The number of aliphatic hydroxyl groups is 1. The predicted octanol–water partition coefficient (Wildman–Crippen LogP) is 1.54. The molecule has 2 aromatic carbocycles. The van der Waals surface area contributed by atoms with Crippen molar-refractivity contribution >= 4 is 11.6 Å². The number of ketones is 2. The monoisotopic (exact) mass is 484 g/mol. The number of methoxy groups -OCH3 is 1. The molecule has 2 aliphatic carbocycles. The number of rotatable bonds is 2. The van der Waals surface area contributed by atoms with E-state index in [1.54, 1.807) is 31.4 Å². The Morgan fingerprint density at radius 1 is 1.09 bits per heavy atom. The highest BCUT2D eigenvalue weighted by atomic mass is 16.6. The van der Waals surface area contributed by atoms with E-state index >= 15 is 0 Å². The molecule has 1 fully saturated rings. The van der Waals surface area contributed by atoms with E-state index in [0.717, 1.165) is 6.42 Å². The van der Waals surface area contributed by atoms with Crippen molar-refractivity contribution in [2.75, 3.05) is 13.7 Å². The summed E-state index contributed by atoms with van der Waals surface area (Å²) in [5.74, 6) is -1.26. The molecule has 1 heterocycles. The lowest BCUT2D eigenvalue weighted by Crippen LogP contribution is -2.47. The Hall–Kier alpha value is -2.82. The van der Waals surface area contributed by atoms with Crippen LogP contribution in [-0.2, 0) is 22.3 Å². The fraction of sp³-hybridized carbons (Fsp3) is 0.462. The molecule has 4 atom stereocenters. The van der Waals surface area contributed by atoms with Gasteiger partial charge >= 0.3 is 0 Å². The molecule has 7 N–H and O–H groups in total. The second-order valence-corrected chi connectivity index (χ2v) is 9.46. The number of aromatic hydroxyl groups is 2. The lowest BCUT2D eigenvalue weighted by molar-refractivity contribution is -0.168. The fourth-order valence-electron chi connectivity index (χ4n) is 5.02. The second kappa shape index (κ2) is 9.67. The van der Waals surface area contributed by atoms with E-state index < -0.39 is 23.4 Å². The third-order valence-corrected chi connectivity index (χ3v) is 7.34. The molecule has 3 aliphatic rings. The number of carbonyl (C=O) groups is 2. The van der Waals surface area contributed by atoms with Crippen molar-refractivity contribution < 1.29 is 34.4 Å². The van der Waals surface area contributed by atoms with Gasteiger partial charge in [-0.15, -0.1) is 0 Å². The van der Waals surface area contributed by atoms with Crippen molar-refractivity contribution in [3.05, 3.63) is 57.6 Å². The molecule has 1 aliphatic heterocycles. The molecular weight excluding hydrogens is 452 g/mol. The molecule has 0 amide bonds. The number of phenolic OH excluding ortho intramolecular Hbond substituents is 2. The van der Waals surface area contributed by atoms with Crippen LogP contribution >= 0.6 is 0 Å². The first-order chi connectivity index (χ1) is 16.6. The summed E-state index contributed by atoms with van der Waals surface area (Å²) in [6, 6.07) is 6.37. The Labute approximate surface area is 203 Å². The summed E-state index contributed by atoms with van der Waals surface area (Å²) < 4.78 is 9.89. The molecular formula is C26H32N2O7. The van der Waals surface area contributed by atoms with E-state index in [2.05, 4.69) is 0 Å². The summed E-state index contributed by atoms with van der Waals surface area (Å²) in [5.41, 5.74) is 12.8. The molecule has 9 nitrogen and oxygen atoms in total. The number of hydrogen-bond donors (Lipinski definition) is 5. The van der Waals surface area contributed by atoms with Crippen LogP contribution < -0.4 is 11.5 Å². The van der Waals surface area contributed by atoms with E-state index in [0.29, 0.717) is 43.4 Å². The summed E-state index contributed by atoms with van der Waals surface area (Å²) in [7, 11) is 1.59. The predicted molar refractivity (Wildman–Crippen MR) is 128 cm³/mol. The summed E-state index contributed by atoms with van der Waals surface area (Å²) in [6.45, 7) is 2.37. The molecule has 1 unspecified atom stereocenters. The highest BCUT2D eigenvalue weighted by Gasteiger charge is 2.40. The molecule has 0 saturated carbocycles. The Morgan fingerprint density at radius 2 is 1.66 bits per heavy atom. The molecule has 0 aromatic heterocycles. The maximum absolute atomic E-state index is 12.9. The van der Waals surface area contributed by atoms with Crippen LogP contribution in [0.15, 0.2) is 24.3 Å². The van der Waals surface area contributed by atoms with Crippen LogP contribution in [0.4, 0.5) is 0 Å². The first-order valence-electron chi connectivity index (χ1n) is 11.8. The van der Waals surface area contributed by atoms with Crippen LogP contribution in [0.1, 0.15) is 69.2 Å². The average molecular weight is 485 g/mol. The van der Waals surface area contributed by atoms with Gasteiger partial charge < -0.3 is 36.3 Å². The summed E-state index contributed by atoms with van der Waals surface area (Å²) in [5, 5.41) is 30.5. The smallest absolute Gasteiger partial charge is 0.198 e. The zero-order valence-corrected chi connectivity index (χ0v) is 19.9. The summed E-state index contributed by atoms with van der Waals surface area (Å²) in [4.78, 5) is 25.7. The Kier molecular flexibility index (Phi) is 6.99. The topological polar surface area (TPSA) is 165 Å². The van der Waals surface area contributed by atoms with E-state index in [9.17, 15) is 19.8 Å². The van der Waals surface area contributed by atoms with E-state index in [4.69, 9.17) is 26.0 Å². The van der Waals surface area contributed by atoms with Gasteiger partial charge in [0.15, 0.2) is 17.9 Å². The standard InChI is InChI=1S/C20H19NO4.C6H13NO3/c1-2-20(21)8-7-12-13(9-20)19(25)15-14(18(12)24)16(22)10-5-3-4-6-11(10)17(15)23;1-9-5-3-10-6(8)2-4(5)7/h3-6,24-25H,2,7-9,21H2,1H3;4-6,8H,2-3,7H2,1H3/t20-;4-,5+,6?/m10/s1. The van der Waals surface area contributed by atoms with Crippen LogP contribution in [0.5, 0.6) is 11.5 Å². The van der Waals surface area contributed by atoms with Gasteiger partial charge in [-0.1, -0.05) is 31.2 Å². The maximum atomic E-state index is 12.9. The van der Waals surface area contributed by atoms with E-state index in [-0.39, 0.29) is 45.9 Å². The first kappa shape index (κ1) is 25.3. The van der Waals surface area contributed by atoms with Gasteiger partial charge in [-0.2, -0.15) is 0 Å². The van der Waals surface area contributed by atoms with Gasteiger partial charge in [-0.05, 0) is 25.7 Å². The van der Waals surface area contributed by atoms with Crippen LogP contribution in [0.2, 0.25) is 0 Å². The number of carbonyl (C=O) groups excluding carboxylic acids is 2. The van der Waals surface area contributed by atoms with Gasteiger partial charge in [0.2, 0.25) is 0 Å². The zero-order chi connectivity index (χ0) is 25.5. The van der Waals surface area contributed by atoms with Crippen molar-refractivity contribution in [1.82, 2.24) is 0 Å². The minimum Gasteiger partial charge on any atom is -0.507 e. The highest BCUT2D eigenvalue weighted by Crippen LogP contribution is 2.46. The number of hydrogen-bond acceptors (Lipinski definition) is 9. The van der Waals surface area contributed by atoms with Crippen LogP contribution in [0.25, 0.3) is 0 Å². The van der Waals surface area contributed by atoms with Gasteiger partial charge in [0.25, 0.3) is 0 Å². The summed E-state index contributed by atoms with van der Waals surface area (Å²) >= 11 is 0. The molecule has 9 heteroatoms. The lowest BCUT2D eigenvalue weighted by atomic mass is 9.72. The number of ether oxygens (including phenoxy) is 2. The van der Waals surface area contributed by atoms with Crippen molar-refractivity contribution in [3.8, 4) is 11.5 Å². The van der Waals surface area contributed by atoms with Crippen molar-refractivity contribution in [2.24, 2.45) is 11.5 Å². The molecule has 1 saturated heterocycles. The second-order valence-electron chi connectivity index (χ2n) is 9.46. The number of phenols is 2. The Morgan fingerprint density at radius 3 is 2.17 bits per heavy atom. The Balaban J connectivity index is 0.000000243. The Bertz CT molecular complexity index is 1160. The highest BCUT2D eigenvalue weighted by molar-refractivity contribution is 6.30. The number of nitrogens with two attached hydrogens (primary N) is 2. The van der Waals surface area contributed by atoms with Crippen LogP contribution in [0.3, 0.4) is 0 Å². The van der Waals surface area contributed by atoms with E-state index in [1.165, 1.54) is 0 Å². The molecule has 5 rings (SSSR count). The largest absolute Gasteiger partial charge is 0.507 e. The minimum absolute atomic E-state index is 0.0663. The number of aliphatic hydroxyl groups excluding tert-OH is 1. The third kappa shape index (κ3) is 4.46. The van der Waals surface area contributed by atoms with Crippen molar-refractivity contribution in [2.45, 2.75) is 63.0 Å². The molecule has 0 spiro atoms. The zero-order valence-electron chi connectivity index (χ0n) is 19.9. The lowest BCUT2D eigenvalue weighted by Gasteiger charge is -2.36. The maximum Gasteiger partial charge on any atom is 0.198 e. The molecule has 0 bridgehead atoms. The van der Waals surface area contributed by atoms with Gasteiger partial charge in [-0.25, -0.2) is 0 Å². The minimum atomic E-state index is -0.707. The molecule has 0 radical (unpaired) electrons. The van der Waals surface area contributed by atoms with Crippen molar-refractivity contribution in [1.29, 1.82) is 0 Å².